The second-order valence-electron chi connectivity index (χ2n) is 3.35. The van der Waals surface area contributed by atoms with Crippen LogP contribution in [-0.4, -0.2) is 30.1 Å². The highest BCUT2D eigenvalue weighted by Crippen LogP contribution is 2.41. The Balaban J connectivity index is 2.38. The van der Waals surface area contributed by atoms with Gasteiger partial charge in [0.15, 0.2) is 5.78 Å². The van der Waals surface area contributed by atoms with Crippen molar-refractivity contribution in [3.05, 3.63) is 30.3 Å². The zero-order valence-corrected chi connectivity index (χ0v) is 10.4. The molecule has 17 heavy (non-hydrogen) atoms. The third kappa shape index (κ3) is 5.63. The van der Waals surface area contributed by atoms with E-state index in [1.54, 1.807) is 31.2 Å². The lowest BCUT2D eigenvalue weighted by Gasteiger charge is -2.10. The van der Waals surface area contributed by atoms with E-state index >= 15 is 0 Å². The number of ketones is 1. The Morgan fingerprint density at radius 3 is 2.59 bits per heavy atom. The summed E-state index contributed by atoms with van der Waals surface area (Å²) in [5.41, 5.74) is 0. The summed E-state index contributed by atoms with van der Waals surface area (Å²) in [6.45, 7) is 1.45. The van der Waals surface area contributed by atoms with Crippen molar-refractivity contribution in [3.8, 4) is 5.75 Å². The van der Waals surface area contributed by atoms with Crippen molar-refractivity contribution in [1.82, 2.24) is 0 Å². The van der Waals surface area contributed by atoms with Crippen molar-refractivity contribution in [2.24, 2.45) is 0 Å². The number of hydrogen-bond acceptors (Lipinski definition) is 4. The number of rotatable bonds is 7. The molecule has 1 unspecified atom stereocenters. The van der Waals surface area contributed by atoms with Gasteiger partial charge in [-0.05, 0) is 19.1 Å². The lowest BCUT2D eigenvalue weighted by Crippen LogP contribution is -2.16. The average Bonchev–Trinajstić information content (AvgIpc) is 2.27. The van der Waals surface area contributed by atoms with Gasteiger partial charge >= 0.3 is 7.60 Å². The predicted octanol–water partition coefficient (Wildman–Crippen LogP) is 1.86. The van der Waals surface area contributed by atoms with Gasteiger partial charge < -0.3 is 14.2 Å². The van der Waals surface area contributed by atoms with E-state index in [0.29, 0.717) is 5.75 Å². The molecule has 0 aliphatic carbocycles. The van der Waals surface area contributed by atoms with Crippen LogP contribution in [0, 0.1) is 0 Å². The van der Waals surface area contributed by atoms with Crippen LogP contribution in [-0.2, 0) is 13.9 Å². The molecule has 0 spiro atoms. The molecule has 1 atom stereocenters. The van der Waals surface area contributed by atoms with E-state index in [1.807, 2.05) is 6.07 Å². The number of ether oxygens (including phenoxy) is 1. The predicted molar refractivity (Wildman–Crippen MR) is 63.3 cm³/mol. The Morgan fingerprint density at radius 1 is 1.35 bits per heavy atom. The van der Waals surface area contributed by atoms with E-state index in [2.05, 4.69) is 4.52 Å². The normalized spacial score (nSPS) is 14.0. The molecule has 0 amide bonds. The van der Waals surface area contributed by atoms with Crippen molar-refractivity contribution < 1.29 is 23.5 Å². The van der Waals surface area contributed by atoms with Crippen LogP contribution < -0.4 is 4.74 Å². The van der Waals surface area contributed by atoms with Gasteiger partial charge in [0.25, 0.3) is 0 Å². The van der Waals surface area contributed by atoms with Crippen LogP contribution in [0.5, 0.6) is 5.75 Å². The maximum absolute atomic E-state index is 11.4. The lowest BCUT2D eigenvalue weighted by molar-refractivity contribution is -0.118. The topological polar surface area (TPSA) is 72.8 Å². The van der Waals surface area contributed by atoms with Gasteiger partial charge in [-0.2, -0.15) is 0 Å². The molecule has 1 aromatic rings. The summed E-state index contributed by atoms with van der Waals surface area (Å²) in [4.78, 5) is 20.6. The number of carbonyl (C=O) groups is 1. The number of para-hydroxylation sites is 1. The molecular formula is C11H15O5P. The Hall–Kier alpha value is -1.16. The molecule has 1 N–H and O–H groups in total. The van der Waals surface area contributed by atoms with Crippen LogP contribution in [0.1, 0.15) is 6.92 Å². The maximum Gasteiger partial charge on any atom is 0.335 e. The fourth-order valence-electron chi connectivity index (χ4n) is 1.20. The highest BCUT2D eigenvalue weighted by molar-refractivity contribution is 7.53. The van der Waals surface area contributed by atoms with Crippen LogP contribution in [0.15, 0.2) is 30.3 Å². The fraction of sp³-hybridized carbons (Fsp3) is 0.364. The largest absolute Gasteiger partial charge is 0.486 e. The van der Waals surface area contributed by atoms with E-state index in [1.165, 1.54) is 0 Å². The Bertz CT molecular complexity index is 404. The Kier molecular flexibility index (Phi) is 5.35. The molecule has 0 radical (unpaired) electrons. The van der Waals surface area contributed by atoms with E-state index in [9.17, 15) is 14.3 Å². The van der Waals surface area contributed by atoms with Gasteiger partial charge in [0, 0.05) is 0 Å². The SMILES string of the molecule is CCOP(=O)(O)CC(=O)COc1ccccc1. The van der Waals surface area contributed by atoms with Gasteiger partial charge in [-0.1, -0.05) is 18.2 Å². The molecule has 94 valence electrons. The van der Waals surface area contributed by atoms with Gasteiger partial charge in [0.1, 0.15) is 18.5 Å². The monoisotopic (exact) mass is 258 g/mol. The van der Waals surface area contributed by atoms with Crippen LogP contribution >= 0.6 is 7.60 Å². The molecule has 1 rings (SSSR count). The van der Waals surface area contributed by atoms with E-state index in [0.717, 1.165) is 0 Å². The quantitative estimate of drug-likeness (QED) is 0.755. The molecule has 0 saturated heterocycles. The second-order valence-corrected chi connectivity index (χ2v) is 5.20. The molecule has 0 aliphatic rings. The highest BCUT2D eigenvalue weighted by atomic mass is 31.2. The summed E-state index contributed by atoms with van der Waals surface area (Å²) in [5, 5.41) is 0. The summed E-state index contributed by atoms with van der Waals surface area (Å²) in [5.74, 6) is 0.0816. The minimum atomic E-state index is -3.80. The van der Waals surface area contributed by atoms with Crippen molar-refractivity contribution in [3.63, 3.8) is 0 Å². The van der Waals surface area contributed by atoms with Gasteiger partial charge in [-0.15, -0.1) is 0 Å². The summed E-state index contributed by atoms with van der Waals surface area (Å²) < 4.78 is 21.0. The first-order valence-electron chi connectivity index (χ1n) is 5.19. The van der Waals surface area contributed by atoms with Crippen molar-refractivity contribution in [1.29, 1.82) is 0 Å². The Labute approximate surface area is 99.9 Å². The third-order valence-corrected chi connectivity index (χ3v) is 3.26. The summed E-state index contributed by atoms with van der Waals surface area (Å²) in [6, 6.07) is 8.78. The van der Waals surface area contributed by atoms with Crippen LogP contribution in [0.2, 0.25) is 0 Å². The first-order valence-corrected chi connectivity index (χ1v) is 6.95. The Morgan fingerprint density at radius 2 is 2.00 bits per heavy atom. The van der Waals surface area contributed by atoms with Crippen molar-refractivity contribution in [2.45, 2.75) is 6.92 Å². The molecule has 0 aromatic heterocycles. The van der Waals surface area contributed by atoms with Gasteiger partial charge in [-0.3, -0.25) is 9.36 Å². The molecule has 6 heteroatoms. The molecule has 1 aromatic carbocycles. The fourth-order valence-corrected chi connectivity index (χ4v) is 2.23. The van der Waals surface area contributed by atoms with Gasteiger partial charge in [0.2, 0.25) is 0 Å². The van der Waals surface area contributed by atoms with Crippen molar-refractivity contribution >= 4 is 13.4 Å². The molecule has 0 saturated carbocycles. The van der Waals surface area contributed by atoms with E-state index in [4.69, 9.17) is 4.74 Å². The van der Waals surface area contributed by atoms with Crippen molar-refractivity contribution in [2.75, 3.05) is 19.4 Å². The summed E-state index contributed by atoms with van der Waals surface area (Å²) >= 11 is 0. The smallest absolute Gasteiger partial charge is 0.335 e. The molecule has 0 heterocycles. The lowest BCUT2D eigenvalue weighted by atomic mass is 10.3. The summed E-state index contributed by atoms with van der Waals surface area (Å²) in [7, 11) is -3.80. The average molecular weight is 258 g/mol. The van der Waals surface area contributed by atoms with E-state index in [-0.39, 0.29) is 13.2 Å². The second kappa shape index (κ2) is 6.55. The number of carbonyl (C=O) groups excluding carboxylic acids is 1. The maximum atomic E-state index is 11.4. The molecule has 0 bridgehead atoms. The van der Waals surface area contributed by atoms with E-state index < -0.39 is 19.5 Å². The number of benzene rings is 1. The minimum Gasteiger partial charge on any atom is -0.486 e. The zero-order chi connectivity index (χ0) is 12.7. The highest BCUT2D eigenvalue weighted by Gasteiger charge is 2.23. The summed E-state index contributed by atoms with van der Waals surface area (Å²) in [6.07, 6.45) is -0.520. The van der Waals surface area contributed by atoms with Crippen LogP contribution in [0.3, 0.4) is 0 Å². The molecule has 0 aliphatic heterocycles. The van der Waals surface area contributed by atoms with Gasteiger partial charge in [0.05, 0.1) is 6.61 Å². The molecule has 5 nitrogen and oxygen atoms in total. The molecule has 0 fully saturated rings. The standard InChI is InChI=1S/C11H15O5P/c1-2-16-17(13,14)9-10(12)8-15-11-6-4-3-5-7-11/h3-7H,2,8-9H2,1H3,(H,13,14). The number of hydrogen-bond donors (Lipinski definition) is 1. The zero-order valence-electron chi connectivity index (χ0n) is 9.54. The number of Topliss-reactive ketones (excluding diaryl/α,β-unsaturated/α-hetero) is 1. The third-order valence-electron chi connectivity index (χ3n) is 1.85. The first kappa shape index (κ1) is 13.9. The molecular weight excluding hydrogens is 243 g/mol. The van der Waals surface area contributed by atoms with Crippen LogP contribution in [0.4, 0.5) is 0 Å². The minimum absolute atomic E-state index is 0.0978. The first-order chi connectivity index (χ1) is 8.03. The van der Waals surface area contributed by atoms with Crippen LogP contribution in [0.25, 0.3) is 0 Å². The van der Waals surface area contributed by atoms with Gasteiger partial charge in [-0.25, -0.2) is 0 Å².